The van der Waals surface area contributed by atoms with Crippen LogP contribution in [0.3, 0.4) is 0 Å². The van der Waals surface area contributed by atoms with Gasteiger partial charge in [0.05, 0.1) is 44.0 Å². The van der Waals surface area contributed by atoms with E-state index in [-0.39, 0.29) is 43.0 Å². The van der Waals surface area contributed by atoms with Crippen LogP contribution < -0.4 is 14.8 Å². The van der Waals surface area contributed by atoms with Gasteiger partial charge in [-0.2, -0.15) is 0 Å². The molecular weight excluding hydrogens is 594 g/mol. The number of carbonyl (C=O) groups excluding carboxylic acids is 2. The second-order valence-electron chi connectivity index (χ2n) is 12.8. The largest absolute Gasteiger partial charge is 0.497 e. The van der Waals surface area contributed by atoms with Crippen molar-refractivity contribution in [1.82, 2.24) is 9.80 Å². The van der Waals surface area contributed by atoms with E-state index in [2.05, 4.69) is 36.3 Å². The SMILES string of the molecule is COc1ccc(CN(C)C[C@@H]2OCCCC[C@@H](C)Oc3ccc(NC(=O)Cc4ccccc4)cc3C(=O)N([C@H](C)CO)C[C@@H]2C)cc1. The Morgan fingerprint density at radius 3 is 2.51 bits per heavy atom. The molecule has 3 aromatic carbocycles. The lowest BCUT2D eigenvalue weighted by molar-refractivity contribution is -0.115. The smallest absolute Gasteiger partial charge is 0.258 e. The number of anilines is 1. The quantitative estimate of drug-likeness (QED) is 0.287. The fourth-order valence-corrected chi connectivity index (χ4v) is 5.86. The average molecular weight is 646 g/mol. The molecule has 2 N–H and O–H groups in total. The summed E-state index contributed by atoms with van der Waals surface area (Å²) < 4.78 is 18.1. The first-order valence-electron chi connectivity index (χ1n) is 16.7. The summed E-state index contributed by atoms with van der Waals surface area (Å²) in [6.07, 6.45) is 2.58. The number of carbonyl (C=O) groups is 2. The van der Waals surface area contributed by atoms with Gasteiger partial charge in [-0.15, -0.1) is 0 Å². The fraction of sp³-hybridized carbons (Fsp3) is 0.474. The van der Waals surface area contributed by atoms with Crippen molar-refractivity contribution in [1.29, 1.82) is 0 Å². The summed E-state index contributed by atoms with van der Waals surface area (Å²) in [4.78, 5) is 31.2. The third-order valence-corrected chi connectivity index (χ3v) is 8.65. The summed E-state index contributed by atoms with van der Waals surface area (Å²) in [6.45, 7) is 8.16. The van der Waals surface area contributed by atoms with Crippen molar-refractivity contribution in [3.63, 3.8) is 0 Å². The number of hydrogen-bond donors (Lipinski definition) is 2. The highest BCUT2D eigenvalue weighted by molar-refractivity contribution is 6.00. The Balaban J connectivity index is 1.57. The van der Waals surface area contributed by atoms with Crippen LogP contribution in [0.25, 0.3) is 0 Å². The number of nitrogens with zero attached hydrogens (tertiary/aromatic N) is 2. The van der Waals surface area contributed by atoms with Crippen LogP contribution in [0.1, 0.15) is 61.5 Å². The normalized spacial score (nSPS) is 20.1. The van der Waals surface area contributed by atoms with Gasteiger partial charge in [-0.05, 0) is 81.6 Å². The van der Waals surface area contributed by atoms with Gasteiger partial charge in [0.2, 0.25) is 5.91 Å². The highest BCUT2D eigenvalue weighted by Gasteiger charge is 2.30. The van der Waals surface area contributed by atoms with Gasteiger partial charge in [0, 0.05) is 37.8 Å². The Labute approximate surface area is 279 Å². The summed E-state index contributed by atoms with van der Waals surface area (Å²) >= 11 is 0. The topological polar surface area (TPSA) is 101 Å². The number of fused-ring (bicyclic) bond motifs is 1. The zero-order valence-corrected chi connectivity index (χ0v) is 28.5. The lowest BCUT2D eigenvalue weighted by atomic mass is 10.0. The third kappa shape index (κ3) is 10.8. The van der Waals surface area contributed by atoms with Crippen LogP contribution in [-0.4, -0.2) is 85.4 Å². The van der Waals surface area contributed by atoms with Crippen molar-refractivity contribution in [3.8, 4) is 11.5 Å². The van der Waals surface area contributed by atoms with Crippen molar-refractivity contribution in [2.45, 2.75) is 71.2 Å². The minimum atomic E-state index is -0.447. The molecule has 0 unspecified atom stereocenters. The predicted molar refractivity (Wildman–Crippen MR) is 185 cm³/mol. The molecular formula is C38H51N3O6. The molecule has 0 spiro atoms. The van der Waals surface area contributed by atoms with Crippen LogP contribution in [-0.2, 0) is 22.5 Å². The Morgan fingerprint density at radius 2 is 1.81 bits per heavy atom. The number of rotatable bonds is 10. The molecule has 2 amide bonds. The third-order valence-electron chi connectivity index (χ3n) is 8.65. The molecule has 0 saturated heterocycles. The number of benzene rings is 3. The lowest BCUT2D eigenvalue weighted by Crippen LogP contribution is -2.47. The van der Waals surface area contributed by atoms with Crippen molar-refractivity contribution >= 4 is 17.5 Å². The van der Waals surface area contributed by atoms with Gasteiger partial charge in [0.1, 0.15) is 11.5 Å². The van der Waals surface area contributed by atoms with E-state index in [4.69, 9.17) is 14.2 Å². The molecule has 9 nitrogen and oxygen atoms in total. The second kappa shape index (κ2) is 17.8. The first-order valence-corrected chi connectivity index (χ1v) is 16.7. The molecule has 0 aromatic heterocycles. The molecule has 1 aliphatic rings. The second-order valence-corrected chi connectivity index (χ2v) is 12.8. The van der Waals surface area contributed by atoms with E-state index in [1.165, 1.54) is 5.56 Å². The average Bonchev–Trinajstić information content (AvgIpc) is 3.06. The van der Waals surface area contributed by atoms with Crippen LogP contribution in [0.5, 0.6) is 11.5 Å². The van der Waals surface area contributed by atoms with Gasteiger partial charge in [0.25, 0.3) is 5.91 Å². The van der Waals surface area contributed by atoms with Crippen LogP contribution >= 0.6 is 0 Å². The van der Waals surface area contributed by atoms with Gasteiger partial charge in [-0.1, -0.05) is 49.4 Å². The summed E-state index contributed by atoms with van der Waals surface area (Å²) in [5.41, 5.74) is 2.94. The van der Waals surface area contributed by atoms with E-state index in [0.717, 1.165) is 37.1 Å². The summed E-state index contributed by atoms with van der Waals surface area (Å²) in [5.74, 6) is 0.820. The number of ether oxygens (including phenoxy) is 3. The van der Waals surface area contributed by atoms with Gasteiger partial charge in [-0.25, -0.2) is 0 Å². The number of nitrogens with one attached hydrogen (secondary N) is 1. The number of likely N-dealkylation sites (N-methyl/N-ethyl adjacent to an activating group) is 1. The summed E-state index contributed by atoms with van der Waals surface area (Å²) in [7, 11) is 3.74. The Bertz CT molecular complexity index is 1420. The molecule has 0 saturated carbocycles. The lowest BCUT2D eigenvalue weighted by Gasteiger charge is -2.36. The first-order chi connectivity index (χ1) is 22.7. The fourth-order valence-electron chi connectivity index (χ4n) is 5.86. The Hall–Kier alpha value is -3.92. The van der Waals surface area contributed by atoms with Crippen LogP contribution in [0.2, 0.25) is 0 Å². The van der Waals surface area contributed by atoms with Crippen molar-refractivity contribution in [2.24, 2.45) is 5.92 Å². The number of amides is 2. The minimum absolute atomic E-state index is 0.0359. The molecule has 1 heterocycles. The number of aliphatic hydroxyl groups excluding tert-OH is 1. The van der Waals surface area contributed by atoms with Crippen molar-refractivity contribution in [2.75, 3.05) is 45.8 Å². The maximum atomic E-state index is 14.4. The van der Waals surface area contributed by atoms with Crippen LogP contribution in [0.15, 0.2) is 72.8 Å². The molecule has 9 heteroatoms. The van der Waals surface area contributed by atoms with Gasteiger partial charge in [-0.3, -0.25) is 14.5 Å². The molecule has 47 heavy (non-hydrogen) atoms. The monoisotopic (exact) mass is 645 g/mol. The molecule has 4 atom stereocenters. The van der Waals surface area contributed by atoms with Crippen LogP contribution in [0.4, 0.5) is 5.69 Å². The summed E-state index contributed by atoms with van der Waals surface area (Å²) in [6, 6.07) is 22.4. The van der Waals surface area contributed by atoms with Gasteiger partial charge in [0.15, 0.2) is 0 Å². The van der Waals surface area contributed by atoms with E-state index in [1.807, 2.05) is 56.3 Å². The molecule has 1 aliphatic heterocycles. The van der Waals surface area contributed by atoms with Crippen molar-refractivity contribution < 1.29 is 28.9 Å². The molecule has 0 radical (unpaired) electrons. The standard InChI is InChI=1S/C38H51N3O6/c1-27-23-41(28(2)26-42)38(44)34-22-32(39-37(43)21-30-12-7-6-8-13-30)16-19-35(34)47-29(3)11-9-10-20-46-36(27)25-40(4)24-31-14-17-33(45-5)18-15-31/h6-8,12-19,22,27-29,36,42H,9-11,20-21,23-26H2,1-5H3,(H,39,43)/t27-,28+,29+,36-/m0/s1. The molecule has 0 aliphatic carbocycles. The Kier molecular flexibility index (Phi) is 13.6. The molecule has 0 fully saturated rings. The van der Waals surface area contributed by atoms with Gasteiger partial charge < -0.3 is 29.5 Å². The highest BCUT2D eigenvalue weighted by Crippen LogP contribution is 2.29. The van der Waals surface area contributed by atoms with Gasteiger partial charge >= 0.3 is 0 Å². The molecule has 254 valence electrons. The zero-order chi connectivity index (χ0) is 33.8. The molecule has 4 rings (SSSR count). The maximum Gasteiger partial charge on any atom is 0.258 e. The van der Waals surface area contributed by atoms with E-state index in [9.17, 15) is 14.7 Å². The number of aliphatic hydroxyl groups is 1. The van der Waals surface area contributed by atoms with Crippen molar-refractivity contribution in [3.05, 3.63) is 89.5 Å². The van der Waals surface area contributed by atoms with Crippen LogP contribution in [0, 0.1) is 5.92 Å². The Morgan fingerprint density at radius 1 is 1.06 bits per heavy atom. The first kappa shape index (κ1) is 35.9. The number of hydrogen-bond acceptors (Lipinski definition) is 7. The van der Waals surface area contributed by atoms with E-state index < -0.39 is 6.04 Å². The summed E-state index contributed by atoms with van der Waals surface area (Å²) in [5, 5.41) is 13.2. The number of methoxy groups -OCH3 is 1. The minimum Gasteiger partial charge on any atom is -0.497 e. The predicted octanol–water partition coefficient (Wildman–Crippen LogP) is 5.80. The van der Waals surface area contributed by atoms with E-state index >= 15 is 0 Å². The zero-order valence-electron chi connectivity index (χ0n) is 28.5. The maximum absolute atomic E-state index is 14.4. The molecule has 0 bridgehead atoms. The van der Waals surface area contributed by atoms with E-state index in [0.29, 0.717) is 36.7 Å². The highest BCUT2D eigenvalue weighted by atomic mass is 16.5. The van der Waals surface area contributed by atoms with E-state index in [1.54, 1.807) is 30.2 Å². The molecule has 3 aromatic rings.